The predicted molar refractivity (Wildman–Crippen MR) is 244 cm³/mol. The van der Waals surface area contributed by atoms with Crippen molar-refractivity contribution in [1.82, 2.24) is 5.32 Å². The van der Waals surface area contributed by atoms with Crippen LogP contribution < -0.4 is 11.1 Å². The number of alkyl halides is 1. The fourth-order valence-electron chi connectivity index (χ4n) is 7.80. The van der Waals surface area contributed by atoms with E-state index in [0.29, 0.717) is 0 Å². The first-order chi connectivity index (χ1) is 31.3. The molecule has 1 amide bonds. The van der Waals surface area contributed by atoms with Crippen LogP contribution in [0, 0.1) is 11.8 Å². The Morgan fingerprint density at radius 2 is 1.35 bits per heavy atom. The molecule has 3 heterocycles. The number of esters is 1. The van der Waals surface area contributed by atoms with Gasteiger partial charge in [0.25, 0.3) is 0 Å². The van der Waals surface area contributed by atoms with Gasteiger partial charge in [-0.2, -0.15) is 0 Å². The van der Waals surface area contributed by atoms with E-state index in [2.05, 4.69) is 5.32 Å². The highest BCUT2D eigenvalue weighted by Crippen LogP contribution is 2.38. The van der Waals surface area contributed by atoms with E-state index in [1.807, 2.05) is 37.3 Å². The number of halogens is 1. The topological polar surface area (TPSA) is 311 Å². The number of rotatable bonds is 5. The van der Waals surface area contributed by atoms with E-state index < -0.39 is 135 Å². The molecule has 0 spiro atoms. The third kappa shape index (κ3) is 20.6. The Hall–Kier alpha value is -3.15. The van der Waals surface area contributed by atoms with Crippen molar-refractivity contribution in [2.75, 3.05) is 19.0 Å². The number of carbonyl (C=O) groups is 2. The van der Waals surface area contributed by atoms with Gasteiger partial charge in [0, 0.05) is 50.4 Å². The molecule has 3 aliphatic heterocycles. The highest BCUT2D eigenvalue weighted by atomic mass is 35.5. The van der Waals surface area contributed by atoms with Crippen LogP contribution in [0.5, 0.6) is 0 Å². The summed E-state index contributed by atoms with van der Waals surface area (Å²) in [6.07, 6.45) is 5.75. The molecule has 19 heteroatoms. The summed E-state index contributed by atoms with van der Waals surface area (Å²) in [6.45, 7) is 3.26. The predicted octanol–water partition coefficient (Wildman–Crippen LogP) is 0.348. The van der Waals surface area contributed by atoms with Gasteiger partial charge in [0.1, 0.15) is 12.2 Å². The summed E-state index contributed by atoms with van der Waals surface area (Å²) in [7, 11) is 0. The van der Waals surface area contributed by atoms with Crippen LogP contribution in [-0.4, -0.2) is 173 Å². The zero-order chi connectivity index (χ0) is 48.8. The highest BCUT2D eigenvalue weighted by Gasteiger charge is 2.50. The van der Waals surface area contributed by atoms with Crippen LogP contribution in [0.25, 0.3) is 0 Å². The first kappa shape index (κ1) is 57.2. The quantitative estimate of drug-likeness (QED) is 0.131. The van der Waals surface area contributed by atoms with Crippen molar-refractivity contribution in [2.45, 2.75) is 163 Å². The van der Waals surface area contributed by atoms with Crippen LogP contribution >= 0.6 is 11.6 Å². The van der Waals surface area contributed by atoms with Gasteiger partial charge in [-0.05, 0) is 26.2 Å². The Balaban J connectivity index is 1.88. The minimum Gasteiger partial charge on any atom is -0.462 e. The Kier molecular flexibility index (Phi) is 25.7. The Morgan fingerprint density at radius 1 is 0.742 bits per heavy atom. The zero-order valence-electron chi connectivity index (χ0n) is 37.7. The molecular formula is C47H73ClN2O16. The number of amides is 1. The molecular weight excluding hydrogens is 884 g/mol. The fourth-order valence-corrected chi connectivity index (χ4v) is 7.89. The summed E-state index contributed by atoms with van der Waals surface area (Å²) in [6, 6.07) is -1.11. The second kappa shape index (κ2) is 29.7. The lowest BCUT2D eigenvalue weighted by Crippen LogP contribution is -2.59. The molecule has 3 aliphatic rings. The molecule has 0 saturated carbocycles. The zero-order valence-corrected chi connectivity index (χ0v) is 38.4. The highest BCUT2D eigenvalue weighted by molar-refractivity contribution is 6.18. The Bertz CT molecular complexity index is 1660. The first-order valence-corrected chi connectivity index (χ1v) is 23.1. The SMILES string of the molecule is C[C@H]1C[C@H](O)[C@@H](C)/C=C/C=C/C=C/C=C/C=C/C=C/C=C/C(O[C@@H]2OC[C@@H](O)[C@H](N)[C@@H]2O)C[C@@H]2OC(O)(CC(O)CC(O)C(O)CCC(O)CC(O)CC(=O)O1)C[C@H](O)[C@H]2C(=O)NCCCl. The molecule has 2 fully saturated rings. The van der Waals surface area contributed by atoms with Gasteiger partial charge in [-0.1, -0.05) is 92.0 Å². The molecule has 0 aromatic carbocycles. The van der Waals surface area contributed by atoms with E-state index in [-0.39, 0.29) is 57.1 Å². The van der Waals surface area contributed by atoms with Crippen LogP contribution in [0.15, 0.2) is 85.1 Å². The van der Waals surface area contributed by atoms with Gasteiger partial charge >= 0.3 is 5.97 Å². The van der Waals surface area contributed by atoms with Crippen LogP contribution in [0.4, 0.5) is 0 Å². The number of aliphatic hydroxyl groups is 10. The summed E-state index contributed by atoms with van der Waals surface area (Å²) >= 11 is 5.82. The van der Waals surface area contributed by atoms with E-state index in [1.165, 1.54) is 0 Å². The minimum absolute atomic E-state index is 0.0531. The lowest BCUT2D eigenvalue weighted by Gasteiger charge is -2.45. The lowest BCUT2D eigenvalue weighted by atomic mass is 9.82. The summed E-state index contributed by atoms with van der Waals surface area (Å²) in [4.78, 5) is 25.9. The van der Waals surface area contributed by atoms with E-state index in [0.717, 1.165) is 0 Å². The molecule has 0 aliphatic carbocycles. The standard InChI is InChI=1S/C47H73ClN2O16/c1-29-15-13-11-9-7-5-3-4-6-8-10-12-14-16-34(65-46-44(60)43(49)39(58)28-63-46)25-40-42(45(61)50-20-19-48)38(57)27-47(62,66-40)26-33(53)23-37(56)35(54)18-17-31(51)22-32(52)24-41(59)64-30(2)21-36(29)55/h3-16,29-40,42-44,46,51-58,60,62H,17-28,49H2,1-2H3,(H,50,61)/b4-3+,7-5+,8-6+,11-9+,12-10+,15-13+,16-14+/t29-,30-,31?,32?,33?,34?,35?,36-,37?,38-,39+,40-,42+,43-,44-,46-,47?/m0/s1. The fraction of sp³-hybridized carbons (Fsp3) is 0.660. The molecule has 18 nitrogen and oxygen atoms in total. The maximum atomic E-state index is 13.4. The molecule has 2 bridgehead atoms. The molecule has 0 aromatic rings. The number of cyclic esters (lactones) is 1. The average Bonchev–Trinajstić information content (AvgIpc) is 3.23. The smallest absolute Gasteiger partial charge is 0.308 e. The van der Waals surface area contributed by atoms with E-state index in [4.69, 9.17) is 36.3 Å². The summed E-state index contributed by atoms with van der Waals surface area (Å²) in [5.41, 5.74) is 5.98. The van der Waals surface area contributed by atoms with Gasteiger partial charge < -0.3 is 81.1 Å². The van der Waals surface area contributed by atoms with Crippen LogP contribution in [0.1, 0.15) is 71.6 Å². The molecule has 0 aromatic heterocycles. The van der Waals surface area contributed by atoms with Crippen molar-refractivity contribution in [2.24, 2.45) is 17.6 Å². The summed E-state index contributed by atoms with van der Waals surface area (Å²) < 4.78 is 23.2. The van der Waals surface area contributed by atoms with Crippen molar-refractivity contribution in [3.05, 3.63) is 85.1 Å². The maximum absolute atomic E-state index is 13.4. The van der Waals surface area contributed by atoms with Crippen LogP contribution in [0.2, 0.25) is 0 Å². The number of ether oxygens (including phenoxy) is 4. The minimum atomic E-state index is -2.27. The van der Waals surface area contributed by atoms with E-state index in [9.17, 15) is 60.7 Å². The average molecular weight is 958 g/mol. The molecule has 3 rings (SSSR count). The van der Waals surface area contributed by atoms with Crippen molar-refractivity contribution in [3.63, 3.8) is 0 Å². The Labute approximate surface area is 392 Å². The summed E-state index contributed by atoms with van der Waals surface area (Å²) in [5, 5.41) is 111. The molecule has 7 unspecified atom stereocenters. The van der Waals surface area contributed by atoms with Gasteiger partial charge in [-0.3, -0.25) is 9.59 Å². The van der Waals surface area contributed by atoms with Crippen molar-refractivity contribution >= 4 is 23.5 Å². The Morgan fingerprint density at radius 3 is 1.97 bits per heavy atom. The van der Waals surface area contributed by atoms with Crippen molar-refractivity contribution < 1.29 is 79.6 Å². The van der Waals surface area contributed by atoms with Crippen molar-refractivity contribution in [1.29, 1.82) is 0 Å². The number of hydrogen-bond acceptors (Lipinski definition) is 17. The molecule has 66 heavy (non-hydrogen) atoms. The normalized spacial score (nSPS) is 42.7. The number of hydrogen-bond donors (Lipinski definition) is 12. The number of nitrogens with one attached hydrogen (secondary N) is 1. The van der Waals surface area contributed by atoms with E-state index >= 15 is 0 Å². The van der Waals surface area contributed by atoms with Gasteiger partial charge in [0.2, 0.25) is 5.91 Å². The largest absolute Gasteiger partial charge is 0.462 e. The maximum Gasteiger partial charge on any atom is 0.308 e. The van der Waals surface area contributed by atoms with Gasteiger partial charge in [-0.25, -0.2) is 0 Å². The number of carbonyl (C=O) groups excluding carboxylic acids is 2. The second-order valence-electron chi connectivity index (χ2n) is 17.3. The third-order valence-corrected chi connectivity index (χ3v) is 11.7. The van der Waals surface area contributed by atoms with Crippen molar-refractivity contribution in [3.8, 4) is 0 Å². The molecule has 17 atom stereocenters. The number of allylic oxidation sites excluding steroid dienone is 12. The monoisotopic (exact) mass is 956 g/mol. The van der Waals surface area contributed by atoms with Crippen LogP contribution in [-0.2, 0) is 28.5 Å². The molecule has 2 saturated heterocycles. The number of aliphatic hydroxyl groups excluding tert-OH is 9. The third-order valence-electron chi connectivity index (χ3n) is 11.5. The van der Waals surface area contributed by atoms with Gasteiger partial charge in [-0.15, -0.1) is 11.6 Å². The molecule has 13 N–H and O–H groups in total. The first-order valence-electron chi connectivity index (χ1n) is 22.6. The van der Waals surface area contributed by atoms with Gasteiger partial charge in [0.05, 0.1) is 86.0 Å². The van der Waals surface area contributed by atoms with E-state index in [1.54, 1.807) is 61.6 Å². The lowest BCUT2D eigenvalue weighted by molar-refractivity contribution is -0.304. The van der Waals surface area contributed by atoms with Gasteiger partial charge in [0.15, 0.2) is 12.1 Å². The second-order valence-corrected chi connectivity index (χ2v) is 17.7. The molecule has 0 radical (unpaired) electrons. The van der Waals surface area contributed by atoms with Crippen LogP contribution in [0.3, 0.4) is 0 Å². The number of fused-ring (bicyclic) bond motifs is 2. The number of nitrogens with two attached hydrogens (primary N) is 1. The summed E-state index contributed by atoms with van der Waals surface area (Å²) in [5.74, 6) is -5.11. The molecule has 374 valence electrons.